The van der Waals surface area contributed by atoms with Crippen LogP contribution in [-0.2, 0) is 19.7 Å². The van der Waals surface area contributed by atoms with Crippen LogP contribution in [0.2, 0.25) is 0 Å². The number of carbonyl (C=O) groups is 3. The number of ether oxygens (including phenoxy) is 1. The van der Waals surface area contributed by atoms with Crippen molar-refractivity contribution in [2.45, 2.75) is 50.0 Å². The number of nitrogens with two attached hydrogens (primary N) is 1. The summed E-state index contributed by atoms with van der Waals surface area (Å²) in [6.45, 7) is 1.16. The molecule has 0 radical (unpaired) electrons. The summed E-state index contributed by atoms with van der Waals surface area (Å²) in [7, 11) is 1.72. The van der Waals surface area contributed by atoms with Crippen LogP contribution in [0.1, 0.15) is 54.4 Å². The Morgan fingerprint density at radius 1 is 1.06 bits per heavy atom. The molecule has 0 aromatic heterocycles. The number of primary amides is 1. The molecule has 2 unspecified atom stereocenters. The van der Waals surface area contributed by atoms with Gasteiger partial charge in [-0.3, -0.25) is 14.4 Å². The van der Waals surface area contributed by atoms with Gasteiger partial charge in [-0.15, -0.1) is 0 Å². The van der Waals surface area contributed by atoms with Gasteiger partial charge >= 0.3 is 0 Å². The number of fused-ring (bicyclic) bond motifs is 2. The molecule has 178 valence electrons. The van der Waals surface area contributed by atoms with Crippen molar-refractivity contribution >= 4 is 23.4 Å². The summed E-state index contributed by atoms with van der Waals surface area (Å²) in [6.07, 6.45) is 5.14. The van der Waals surface area contributed by atoms with Gasteiger partial charge < -0.3 is 20.7 Å². The molecule has 1 aliphatic carbocycles. The molecule has 7 heteroatoms. The van der Waals surface area contributed by atoms with Gasteiger partial charge in [-0.2, -0.15) is 0 Å². The van der Waals surface area contributed by atoms with Crippen LogP contribution < -0.4 is 11.1 Å². The van der Waals surface area contributed by atoms with Gasteiger partial charge in [0.1, 0.15) is 0 Å². The van der Waals surface area contributed by atoms with Crippen molar-refractivity contribution in [3.8, 4) is 11.1 Å². The molecule has 3 amide bonds. The van der Waals surface area contributed by atoms with E-state index in [2.05, 4.69) is 11.4 Å². The number of rotatable bonds is 4. The molecule has 3 N–H and O–H groups in total. The van der Waals surface area contributed by atoms with E-state index in [1.54, 1.807) is 19.2 Å². The number of amides is 3. The normalized spacial score (nSPS) is 23.4. The minimum Gasteiger partial charge on any atom is -0.381 e. The molecule has 2 aromatic rings. The maximum atomic E-state index is 13.2. The van der Waals surface area contributed by atoms with Gasteiger partial charge in [0.2, 0.25) is 17.7 Å². The zero-order valence-corrected chi connectivity index (χ0v) is 19.5. The summed E-state index contributed by atoms with van der Waals surface area (Å²) in [5.41, 5.74) is 8.99. The average molecular weight is 462 g/mol. The molecular weight excluding hydrogens is 430 g/mol. The summed E-state index contributed by atoms with van der Waals surface area (Å²) in [4.78, 5) is 39.7. The first kappa shape index (κ1) is 22.6. The summed E-state index contributed by atoms with van der Waals surface area (Å²) in [6, 6.07) is 13.2. The third kappa shape index (κ3) is 3.88. The molecule has 2 aliphatic heterocycles. The van der Waals surface area contributed by atoms with Crippen LogP contribution in [0.4, 0.5) is 5.69 Å². The Bertz CT molecular complexity index is 1120. The number of anilines is 1. The zero-order chi connectivity index (χ0) is 23.9. The molecule has 34 heavy (non-hydrogen) atoms. The molecule has 2 fully saturated rings. The Kier molecular flexibility index (Phi) is 5.90. The van der Waals surface area contributed by atoms with Crippen LogP contribution in [-0.4, -0.2) is 48.9 Å². The Morgan fingerprint density at radius 3 is 2.44 bits per heavy atom. The SMILES string of the molecule is COC1CCCC(C(=O)N2CCC3(CC2)C(=O)Nc2ccc(-c4ccc(C(N)=O)cc4)cc23)C1. The number of hydrogen-bond donors (Lipinski definition) is 2. The van der Waals surface area contributed by atoms with Crippen molar-refractivity contribution in [2.24, 2.45) is 11.7 Å². The highest BCUT2D eigenvalue weighted by Gasteiger charge is 2.49. The largest absolute Gasteiger partial charge is 0.381 e. The number of hydrogen-bond acceptors (Lipinski definition) is 4. The number of nitrogens with zero attached hydrogens (tertiary/aromatic N) is 1. The van der Waals surface area contributed by atoms with Gasteiger partial charge in [-0.1, -0.05) is 24.6 Å². The number of benzene rings is 2. The zero-order valence-electron chi connectivity index (χ0n) is 19.5. The number of carbonyl (C=O) groups excluding carboxylic acids is 3. The van der Waals surface area contributed by atoms with E-state index in [9.17, 15) is 14.4 Å². The molecule has 1 saturated carbocycles. The first-order chi connectivity index (χ1) is 16.4. The predicted molar refractivity (Wildman–Crippen MR) is 129 cm³/mol. The molecule has 2 atom stereocenters. The molecule has 0 bridgehead atoms. The molecular formula is C27H31N3O4. The van der Waals surface area contributed by atoms with Crippen molar-refractivity contribution in [1.82, 2.24) is 4.90 Å². The fourth-order valence-electron chi connectivity index (χ4n) is 5.87. The lowest BCUT2D eigenvalue weighted by Crippen LogP contribution is -2.50. The number of piperidine rings is 1. The number of methoxy groups -OCH3 is 1. The molecule has 2 aromatic carbocycles. The molecule has 2 heterocycles. The Hall–Kier alpha value is -3.19. The first-order valence-electron chi connectivity index (χ1n) is 12.1. The second-order valence-electron chi connectivity index (χ2n) is 9.78. The van der Waals surface area contributed by atoms with Gasteiger partial charge in [0, 0.05) is 37.4 Å². The Labute approximate surface area is 199 Å². The summed E-state index contributed by atoms with van der Waals surface area (Å²) in [5.74, 6) is -0.208. The van der Waals surface area contributed by atoms with E-state index in [0.29, 0.717) is 31.5 Å². The lowest BCUT2D eigenvalue weighted by atomic mass is 9.73. The standard InChI is InChI=1S/C27H31N3O4/c1-34-21-4-2-3-20(15-21)25(32)30-13-11-27(12-14-30)22-16-19(9-10-23(22)29-26(27)33)17-5-7-18(8-6-17)24(28)31/h5-10,16,20-21H,2-4,11-15H2,1H3,(H2,28,31)(H,29,33). The average Bonchev–Trinajstić information content (AvgIpc) is 3.14. The highest BCUT2D eigenvalue weighted by Crippen LogP contribution is 2.46. The Balaban J connectivity index is 1.35. The fraction of sp³-hybridized carbons (Fsp3) is 0.444. The second-order valence-corrected chi connectivity index (χ2v) is 9.78. The topological polar surface area (TPSA) is 102 Å². The molecule has 1 saturated heterocycles. The van der Waals surface area contributed by atoms with E-state index in [0.717, 1.165) is 48.1 Å². The number of nitrogens with one attached hydrogen (secondary N) is 1. The van der Waals surface area contributed by atoms with Gasteiger partial charge in [0.15, 0.2) is 0 Å². The minimum absolute atomic E-state index is 0.0208. The van der Waals surface area contributed by atoms with E-state index >= 15 is 0 Å². The molecule has 5 rings (SSSR count). The fourth-order valence-corrected chi connectivity index (χ4v) is 5.87. The Morgan fingerprint density at radius 2 is 1.76 bits per heavy atom. The van der Waals surface area contributed by atoms with Crippen LogP contribution in [0.25, 0.3) is 11.1 Å². The van der Waals surface area contributed by atoms with Crippen molar-refractivity contribution in [3.05, 3.63) is 53.6 Å². The highest BCUT2D eigenvalue weighted by atomic mass is 16.5. The van der Waals surface area contributed by atoms with E-state index in [4.69, 9.17) is 10.5 Å². The van der Waals surface area contributed by atoms with Crippen molar-refractivity contribution in [3.63, 3.8) is 0 Å². The summed E-state index contributed by atoms with van der Waals surface area (Å²) >= 11 is 0. The van der Waals surface area contributed by atoms with E-state index < -0.39 is 11.3 Å². The maximum absolute atomic E-state index is 13.2. The van der Waals surface area contributed by atoms with Gasteiger partial charge in [-0.25, -0.2) is 0 Å². The van der Waals surface area contributed by atoms with E-state index in [-0.39, 0.29) is 23.8 Å². The van der Waals surface area contributed by atoms with Crippen LogP contribution in [0.3, 0.4) is 0 Å². The van der Waals surface area contributed by atoms with Crippen LogP contribution >= 0.6 is 0 Å². The quantitative estimate of drug-likeness (QED) is 0.728. The van der Waals surface area contributed by atoms with Gasteiger partial charge in [0.05, 0.1) is 11.5 Å². The van der Waals surface area contributed by atoms with E-state index in [1.807, 2.05) is 29.2 Å². The second kappa shape index (κ2) is 8.87. The third-order valence-corrected chi connectivity index (χ3v) is 7.96. The summed E-state index contributed by atoms with van der Waals surface area (Å²) in [5, 5.41) is 3.06. The minimum atomic E-state index is -0.614. The van der Waals surface area contributed by atoms with Crippen LogP contribution in [0.15, 0.2) is 42.5 Å². The van der Waals surface area contributed by atoms with Crippen LogP contribution in [0.5, 0.6) is 0 Å². The first-order valence-corrected chi connectivity index (χ1v) is 12.1. The molecule has 7 nitrogen and oxygen atoms in total. The van der Waals surface area contributed by atoms with Gasteiger partial charge in [0.25, 0.3) is 0 Å². The lowest BCUT2D eigenvalue weighted by Gasteiger charge is -2.40. The molecule has 3 aliphatic rings. The monoisotopic (exact) mass is 461 g/mol. The number of likely N-dealkylation sites (tertiary alicyclic amines) is 1. The summed E-state index contributed by atoms with van der Waals surface area (Å²) < 4.78 is 5.51. The highest BCUT2D eigenvalue weighted by molar-refractivity contribution is 6.07. The predicted octanol–water partition coefficient (Wildman–Crippen LogP) is 3.47. The van der Waals surface area contributed by atoms with Crippen molar-refractivity contribution in [1.29, 1.82) is 0 Å². The van der Waals surface area contributed by atoms with Crippen molar-refractivity contribution in [2.75, 3.05) is 25.5 Å². The van der Waals surface area contributed by atoms with E-state index in [1.165, 1.54) is 0 Å². The maximum Gasteiger partial charge on any atom is 0.248 e. The van der Waals surface area contributed by atoms with Crippen molar-refractivity contribution < 1.29 is 19.1 Å². The molecule has 1 spiro atoms. The van der Waals surface area contributed by atoms with Crippen LogP contribution in [0, 0.1) is 5.92 Å². The van der Waals surface area contributed by atoms with Gasteiger partial charge in [-0.05, 0) is 73.1 Å². The third-order valence-electron chi connectivity index (χ3n) is 7.96. The smallest absolute Gasteiger partial charge is 0.248 e. The lowest BCUT2D eigenvalue weighted by molar-refractivity contribution is -0.141.